The van der Waals surface area contributed by atoms with E-state index in [4.69, 9.17) is 11.6 Å². The first kappa shape index (κ1) is 26.1. The topological polar surface area (TPSA) is 65.4 Å². The molecule has 0 amide bonds. The van der Waals surface area contributed by atoms with Crippen molar-refractivity contribution in [2.75, 3.05) is 14.1 Å². The molecule has 0 spiro atoms. The van der Waals surface area contributed by atoms with Crippen LogP contribution in [-0.4, -0.2) is 46.7 Å². The van der Waals surface area contributed by atoms with Crippen LogP contribution in [-0.2, 0) is 0 Å². The van der Waals surface area contributed by atoms with Gasteiger partial charge >= 0.3 is 0 Å². The van der Waals surface area contributed by atoms with Gasteiger partial charge in [0.15, 0.2) is 0 Å². The minimum atomic E-state index is -1.58. The zero-order chi connectivity index (χ0) is 25.7. The summed E-state index contributed by atoms with van der Waals surface area (Å²) in [6, 6.07) is 8.27. The summed E-state index contributed by atoms with van der Waals surface area (Å²) < 4.78 is 16.8. The van der Waals surface area contributed by atoms with E-state index in [1.807, 2.05) is 20.2 Å². The van der Waals surface area contributed by atoms with E-state index in [0.29, 0.717) is 43.2 Å². The fourth-order valence-electron chi connectivity index (χ4n) is 8.11. The Kier molecular flexibility index (Phi) is 6.99. The van der Waals surface area contributed by atoms with Crippen LogP contribution in [0.15, 0.2) is 36.5 Å². The molecular formula is C30H40ClFN2O2. The molecule has 3 fully saturated rings. The van der Waals surface area contributed by atoms with Crippen molar-refractivity contribution in [3.8, 4) is 0 Å². The van der Waals surface area contributed by atoms with Crippen molar-refractivity contribution in [1.82, 2.24) is 10.3 Å². The molecule has 1 aromatic heterocycles. The maximum atomic E-state index is 16.8. The third-order valence-corrected chi connectivity index (χ3v) is 10.3. The summed E-state index contributed by atoms with van der Waals surface area (Å²) in [5, 5.41) is 27.6. The van der Waals surface area contributed by atoms with Crippen molar-refractivity contribution < 1.29 is 14.6 Å². The smallest absolute Gasteiger partial charge is 0.140 e. The standard InChI is InChI=1S/C28H33ClFNO2.C2H7N/c1-26-11-12-27(30)16-20-14-21(32)5-4-17(20)8-10-28(27,33)24(26)7-6-23(26)19-3-2-18-9-13-31-25(29)22(18)15-19;1-3-2/h2-3,6,9,13,15,17,20-21,24,32-33H,4-5,7-8,10-12,14,16H2,1H3;3H,1-2H3/t17?,20?,21?,24?,26?,27?,28-;/m0./s1. The van der Waals surface area contributed by atoms with Gasteiger partial charge in [-0.2, -0.15) is 0 Å². The van der Waals surface area contributed by atoms with E-state index in [1.54, 1.807) is 6.20 Å². The summed E-state index contributed by atoms with van der Waals surface area (Å²) in [4.78, 5) is 4.24. The Bertz CT molecular complexity index is 1160. The quantitative estimate of drug-likeness (QED) is 0.389. The molecule has 6 heteroatoms. The summed E-state index contributed by atoms with van der Waals surface area (Å²) in [7, 11) is 3.75. The molecule has 0 saturated heterocycles. The van der Waals surface area contributed by atoms with Gasteiger partial charge in [0.05, 0.1) is 6.10 Å². The van der Waals surface area contributed by atoms with Crippen LogP contribution >= 0.6 is 11.6 Å². The molecule has 36 heavy (non-hydrogen) atoms. The number of fused-ring (bicyclic) bond motifs is 5. The van der Waals surface area contributed by atoms with Gasteiger partial charge in [-0.1, -0.05) is 36.7 Å². The van der Waals surface area contributed by atoms with Gasteiger partial charge in [0.2, 0.25) is 0 Å². The molecule has 4 aliphatic carbocycles. The highest BCUT2D eigenvalue weighted by Crippen LogP contribution is 2.66. The van der Waals surface area contributed by atoms with Crippen molar-refractivity contribution in [3.63, 3.8) is 0 Å². The molecule has 4 aliphatic rings. The minimum Gasteiger partial charge on any atom is -0.393 e. The molecule has 7 atom stereocenters. The lowest BCUT2D eigenvalue weighted by Gasteiger charge is -2.56. The average Bonchev–Trinajstić information content (AvgIpc) is 3.15. The fourth-order valence-corrected chi connectivity index (χ4v) is 8.33. The van der Waals surface area contributed by atoms with Crippen LogP contribution in [0.4, 0.5) is 4.39 Å². The SMILES string of the molecule is CC12CCC3(F)CC4CC(O)CCC4CC[C@]3(O)C1CC=C2c1ccc2ccnc(Cl)c2c1.CNC. The van der Waals surface area contributed by atoms with Gasteiger partial charge < -0.3 is 15.5 Å². The number of aliphatic hydroxyl groups is 2. The Balaban J connectivity index is 0.000000848. The lowest BCUT2D eigenvalue weighted by molar-refractivity contribution is -0.195. The molecule has 2 aromatic rings. The summed E-state index contributed by atoms with van der Waals surface area (Å²) in [6.07, 6.45) is 9.67. The van der Waals surface area contributed by atoms with Crippen LogP contribution in [0.3, 0.4) is 0 Å². The molecule has 1 heterocycles. The number of allylic oxidation sites excluding steroid dienone is 2. The van der Waals surface area contributed by atoms with Gasteiger partial charge in [-0.3, -0.25) is 0 Å². The van der Waals surface area contributed by atoms with E-state index < -0.39 is 11.3 Å². The zero-order valence-electron chi connectivity index (χ0n) is 21.7. The number of hydrogen-bond acceptors (Lipinski definition) is 4. The average molecular weight is 515 g/mol. The van der Waals surface area contributed by atoms with Crippen molar-refractivity contribution in [2.45, 2.75) is 82.1 Å². The molecule has 6 unspecified atom stereocenters. The van der Waals surface area contributed by atoms with Crippen LogP contribution in [0, 0.1) is 23.2 Å². The highest BCUT2D eigenvalue weighted by molar-refractivity contribution is 6.34. The van der Waals surface area contributed by atoms with E-state index in [9.17, 15) is 10.2 Å². The van der Waals surface area contributed by atoms with E-state index >= 15 is 4.39 Å². The van der Waals surface area contributed by atoms with Crippen LogP contribution in [0.2, 0.25) is 5.15 Å². The first-order chi connectivity index (χ1) is 17.1. The maximum Gasteiger partial charge on any atom is 0.140 e. The van der Waals surface area contributed by atoms with Gasteiger partial charge in [-0.05, 0) is 118 Å². The number of hydrogen-bond donors (Lipinski definition) is 3. The molecular weight excluding hydrogens is 475 g/mol. The van der Waals surface area contributed by atoms with Crippen LogP contribution in [0.5, 0.6) is 0 Å². The molecule has 3 saturated carbocycles. The predicted molar refractivity (Wildman–Crippen MR) is 145 cm³/mol. The lowest BCUT2D eigenvalue weighted by atomic mass is 9.53. The number of aromatic nitrogens is 1. The molecule has 0 aliphatic heterocycles. The van der Waals surface area contributed by atoms with E-state index in [0.717, 1.165) is 42.0 Å². The third-order valence-electron chi connectivity index (χ3n) is 9.96. The molecule has 0 radical (unpaired) electrons. The first-order valence-corrected chi connectivity index (χ1v) is 14.0. The molecule has 1 aromatic carbocycles. The number of halogens is 2. The summed E-state index contributed by atoms with van der Waals surface area (Å²) in [5.41, 5.74) is -0.865. The van der Waals surface area contributed by atoms with Gasteiger partial charge in [-0.25, -0.2) is 9.37 Å². The van der Waals surface area contributed by atoms with Crippen molar-refractivity contribution in [3.05, 3.63) is 47.3 Å². The number of benzene rings is 1. The summed E-state index contributed by atoms with van der Waals surface area (Å²) >= 11 is 6.39. The first-order valence-electron chi connectivity index (χ1n) is 13.6. The summed E-state index contributed by atoms with van der Waals surface area (Å²) in [5.74, 6) is 0.468. The van der Waals surface area contributed by atoms with Gasteiger partial charge in [0.25, 0.3) is 0 Å². The molecule has 4 nitrogen and oxygen atoms in total. The van der Waals surface area contributed by atoms with E-state index in [1.165, 1.54) is 5.57 Å². The Labute approximate surface area is 219 Å². The van der Waals surface area contributed by atoms with Crippen molar-refractivity contribution in [2.24, 2.45) is 23.2 Å². The maximum absolute atomic E-state index is 16.8. The second-order valence-electron chi connectivity index (χ2n) is 12.0. The van der Waals surface area contributed by atoms with Crippen molar-refractivity contribution >= 4 is 27.9 Å². The number of pyridine rings is 1. The number of rotatable bonds is 1. The second kappa shape index (κ2) is 9.65. The number of nitrogens with zero attached hydrogens (tertiary/aromatic N) is 1. The molecule has 0 bridgehead atoms. The van der Waals surface area contributed by atoms with Crippen molar-refractivity contribution in [1.29, 1.82) is 0 Å². The largest absolute Gasteiger partial charge is 0.393 e. The van der Waals surface area contributed by atoms with Crippen LogP contribution in [0.1, 0.15) is 70.3 Å². The highest BCUT2D eigenvalue weighted by Gasteiger charge is 2.66. The van der Waals surface area contributed by atoms with E-state index in [-0.39, 0.29) is 23.4 Å². The van der Waals surface area contributed by atoms with Gasteiger partial charge in [0, 0.05) is 17.5 Å². The highest BCUT2D eigenvalue weighted by atomic mass is 35.5. The second-order valence-corrected chi connectivity index (χ2v) is 12.3. The Hall–Kier alpha value is -1.53. The third kappa shape index (κ3) is 4.11. The Morgan fingerprint density at radius 1 is 1.08 bits per heavy atom. The monoisotopic (exact) mass is 514 g/mol. The van der Waals surface area contributed by atoms with Crippen LogP contribution < -0.4 is 5.32 Å². The molecule has 3 N–H and O–H groups in total. The predicted octanol–water partition coefficient (Wildman–Crippen LogP) is 6.33. The molecule has 6 rings (SSSR count). The Morgan fingerprint density at radius 3 is 2.64 bits per heavy atom. The van der Waals surface area contributed by atoms with E-state index in [2.05, 4.69) is 41.5 Å². The van der Waals surface area contributed by atoms with Gasteiger partial charge in [0.1, 0.15) is 16.4 Å². The Morgan fingerprint density at radius 2 is 1.86 bits per heavy atom. The van der Waals surface area contributed by atoms with Crippen LogP contribution in [0.25, 0.3) is 16.3 Å². The fraction of sp³-hybridized carbons (Fsp3) is 0.633. The number of nitrogens with one attached hydrogen (secondary N) is 1. The minimum absolute atomic E-state index is 0.135. The number of alkyl halides is 1. The van der Waals surface area contributed by atoms with Gasteiger partial charge in [-0.15, -0.1) is 0 Å². The lowest BCUT2D eigenvalue weighted by Crippen LogP contribution is -2.62. The number of aliphatic hydroxyl groups excluding tert-OH is 1. The normalized spacial score (nSPS) is 39.7. The zero-order valence-corrected chi connectivity index (χ0v) is 22.5. The summed E-state index contributed by atoms with van der Waals surface area (Å²) in [6.45, 7) is 2.23. The molecule has 196 valence electrons.